The number of rotatable bonds is 4. The van der Waals surface area contributed by atoms with E-state index >= 15 is 0 Å². The predicted octanol–water partition coefficient (Wildman–Crippen LogP) is 4.29. The molecule has 0 spiro atoms. The minimum Gasteiger partial charge on any atom is -0.335 e. The highest BCUT2D eigenvalue weighted by molar-refractivity contribution is 7.90. The molecule has 12 heteroatoms. The number of piperidine rings is 1. The summed E-state index contributed by atoms with van der Waals surface area (Å²) in [5.41, 5.74) is -0.600. The Balaban J connectivity index is 1.51. The Morgan fingerprint density at radius 3 is 2.42 bits per heavy atom. The first kappa shape index (κ1) is 24.0. The number of benzene rings is 1. The van der Waals surface area contributed by atoms with E-state index in [2.05, 4.69) is 27.6 Å². The number of carbonyl (C=O) groups is 1. The van der Waals surface area contributed by atoms with Crippen LogP contribution in [0.5, 0.6) is 0 Å². The number of amides is 2. The molecular formula is C21H25F3N4O3S2. The fraction of sp³-hybridized carbons (Fsp3) is 0.524. The van der Waals surface area contributed by atoms with E-state index < -0.39 is 32.5 Å². The predicted molar refractivity (Wildman–Crippen MR) is 120 cm³/mol. The highest BCUT2D eigenvalue weighted by Gasteiger charge is 2.39. The highest BCUT2D eigenvalue weighted by atomic mass is 32.2. The lowest BCUT2D eigenvalue weighted by atomic mass is 9.98. The van der Waals surface area contributed by atoms with Crippen LogP contribution in [0.25, 0.3) is 10.4 Å². The molecule has 2 aliphatic heterocycles. The van der Waals surface area contributed by atoms with E-state index in [0.717, 1.165) is 55.4 Å². The zero-order valence-electron chi connectivity index (χ0n) is 18.4. The number of anilines is 1. The molecule has 2 aromatic rings. The second-order valence-corrected chi connectivity index (χ2v) is 11.7. The maximum absolute atomic E-state index is 13.5. The van der Waals surface area contributed by atoms with Gasteiger partial charge in [0.2, 0.25) is 0 Å². The normalized spacial score (nSPS) is 23.5. The molecule has 1 aromatic heterocycles. The molecule has 0 radical (unpaired) electrons. The molecule has 33 heavy (non-hydrogen) atoms. The molecule has 2 bridgehead atoms. The molecule has 2 aliphatic rings. The van der Waals surface area contributed by atoms with Crippen LogP contribution in [0.1, 0.15) is 36.9 Å². The smallest absolute Gasteiger partial charge is 0.335 e. The summed E-state index contributed by atoms with van der Waals surface area (Å²) in [6.45, 7) is 1.63. The van der Waals surface area contributed by atoms with Crippen LogP contribution in [0.3, 0.4) is 0 Å². The molecule has 2 fully saturated rings. The molecule has 2 amide bonds. The van der Waals surface area contributed by atoms with Crippen molar-refractivity contribution in [2.45, 2.75) is 61.8 Å². The van der Waals surface area contributed by atoms with E-state index in [1.165, 1.54) is 6.07 Å². The average molecular weight is 503 g/mol. The number of fused-ring (bicyclic) bond motifs is 2. The van der Waals surface area contributed by atoms with Crippen molar-refractivity contribution in [3.63, 3.8) is 0 Å². The lowest BCUT2D eigenvalue weighted by molar-refractivity contribution is -0.139. The zero-order valence-corrected chi connectivity index (χ0v) is 20.0. The van der Waals surface area contributed by atoms with E-state index in [4.69, 9.17) is 0 Å². The Kier molecular flexibility index (Phi) is 6.21. The first-order chi connectivity index (χ1) is 15.3. The Morgan fingerprint density at radius 1 is 1.21 bits per heavy atom. The summed E-state index contributed by atoms with van der Waals surface area (Å²) < 4.78 is 64.1. The second kappa shape index (κ2) is 8.55. The number of halogens is 3. The number of urea groups is 1. The third-order valence-corrected chi connectivity index (χ3v) is 8.67. The van der Waals surface area contributed by atoms with Crippen LogP contribution >= 0.6 is 11.3 Å². The van der Waals surface area contributed by atoms with Crippen LogP contribution in [0.15, 0.2) is 23.1 Å². The molecular weight excluding hydrogens is 477 g/mol. The van der Waals surface area contributed by atoms with Gasteiger partial charge < -0.3 is 10.2 Å². The van der Waals surface area contributed by atoms with Gasteiger partial charge in [0.05, 0.1) is 21.0 Å². The maximum Gasteiger partial charge on any atom is 0.417 e. The second-order valence-electron chi connectivity index (χ2n) is 8.73. The minimum atomic E-state index is -4.83. The van der Waals surface area contributed by atoms with Crippen molar-refractivity contribution in [1.29, 1.82) is 0 Å². The van der Waals surface area contributed by atoms with Crippen LogP contribution in [0, 0.1) is 6.92 Å². The number of thiazole rings is 1. The summed E-state index contributed by atoms with van der Waals surface area (Å²) in [5.74, 6) is 0. The number of aryl methyl sites for hydroxylation is 1. The molecule has 180 valence electrons. The number of nitrogens with one attached hydrogen (secondary N) is 2. The Bertz CT molecular complexity index is 1170. The fourth-order valence-electron chi connectivity index (χ4n) is 4.78. The van der Waals surface area contributed by atoms with Gasteiger partial charge in [0.1, 0.15) is 0 Å². The standard InChI is InChI=1S/C21H25F3N4O3S2/c1-11-18(12-4-7-17(33(3,30)31)16(8-12)21(22,23)24)32-20(25-11)27-19(29)26-13-9-14-5-6-15(10-13)28(14)2/h4,7-8,13-15H,5-6,9-10H2,1-3H3,(H2,25,26,27,29). The third-order valence-electron chi connectivity index (χ3n) is 6.40. The summed E-state index contributed by atoms with van der Waals surface area (Å²) in [6, 6.07) is 3.71. The summed E-state index contributed by atoms with van der Waals surface area (Å²) in [4.78, 5) is 18.8. The number of nitrogens with zero attached hydrogens (tertiary/aromatic N) is 2. The van der Waals surface area contributed by atoms with Gasteiger partial charge in [-0.3, -0.25) is 5.32 Å². The minimum absolute atomic E-state index is 0.0668. The molecule has 4 rings (SSSR count). The number of sulfone groups is 1. The third kappa shape index (κ3) is 5.02. The van der Waals surface area contributed by atoms with Crippen LogP contribution in [0.4, 0.5) is 23.1 Å². The van der Waals surface area contributed by atoms with E-state index in [9.17, 15) is 26.4 Å². The molecule has 3 heterocycles. The molecule has 0 aliphatic carbocycles. The maximum atomic E-state index is 13.5. The fourth-order valence-corrected chi connectivity index (χ4v) is 6.63. The number of alkyl halides is 3. The van der Waals surface area contributed by atoms with Gasteiger partial charge in [-0.1, -0.05) is 17.4 Å². The van der Waals surface area contributed by atoms with E-state index in [1.54, 1.807) is 6.92 Å². The van der Waals surface area contributed by atoms with Gasteiger partial charge in [-0.15, -0.1) is 0 Å². The van der Waals surface area contributed by atoms with Crippen molar-refractivity contribution < 1.29 is 26.4 Å². The molecule has 1 aromatic carbocycles. The number of hydrogen-bond donors (Lipinski definition) is 2. The van der Waals surface area contributed by atoms with Crippen molar-refractivity contribution in [2.75, 3.05) is 18.6 Å². The Morgan fingerprint density at radius 2 is 1.85 bits per heavy atom. The van der Waals surface area contributed by atoms with Crippen molar-refractivity contribution in [3.8, 4) is 10.4 Å². The Hall–Kier alpha value is -2.18. The summed E-state index contributed by atoms with van der Waals surface area (Å²) >= 11 is 1.04. The topological polar surface area (TPSA) is 91.4 Å². The van der Waals surface area contributed by atoms with Crippen LogP contribution in [-0.4, -0.2) is 55.8 Å². The summed E-state index contributed by atoms with van der Waals surface area (Å²) in [7, 11) is -1.94. The Labute approximate surface area is 194 Å². The average Bonchev–Trinajstić information content (AvgIpc) is 3.13. The lowest BCUT2D eigenvalue weighted by Crippen LogP contribution is -2.49. The number of hydrogen-bond acceptors (Lipinski definition) is 6. The molecule has 2 atom stereocenters. The van der Waals surface area contributed by atoms with Crippen molar-refractivity contribution in [1.82, 2.24) is 15.2 Å². The quantitative estimate of drug-likeness (QED) is 0.651. The van der Waals surface area contributed by atoms with E-state index in [1.807, 2.05) is 0 Å². The zero-order chi connectivity index (χ0) is 24.1. The van der Waals surface area contributed by atoms with Crippen molar-refractivity contribution in [2.24, 2.45) is 0 Å². The highest BCUT2D eigenvalue weighted by Crippen LogP contribution is 2.40. The van der Waals surface area contributed by atoms with Crippen molar-refractivity contribution >= 4 is 32.3 Å². The van der Waals surface area contributed by atoms with Crippen LogP contribution in [0.2, 0.25) is 0 Å². The van der Waals surface area contributed by atoms with Gasteiger partial charge in [0, 0.05) is 24.4 Å². The van der Waals surface area contributed by atoms with E-state index in [0.29, 0.717) is 22.7 Å². The van der Waals surface area contributed by atoms with Crippen molar-refractivity contribution in [3.05, 3.63) is 29.5 Å². The molecule has 2 unspecified atom stereocenters. The molecule has 2 saturated heterocycles. The van der Waals surface area contributed by atoms with Crippen LogP contribution < -0.4 is 10.6 Å². The number of carbonyl (C=O) groups excluding carboxylic acids is 1. The summed E-state index contributed by atoms with van der Waals surface area (Å²) in [5, 5.41) is 5.93. The molecule has 2 N–H and O–H groups in total. The molecule has 0 saturated carbocycles. The van der Waals surface area contributed by atoms with Gasteiger partial charge in [-0.25, -0.2) is 18.2 Å². The largest absolute Gasteiger partial charge is 0.417 e. The van der Waals surface area contributed by atoms with Gasteiger partial charge in [0.25, 0.3) is 0 Å². The van der Waals surface area contributed by atoms with Gasteiger partial charge in [0.15, 0.2) is 15.0 Å². The van der Waals surface area contributed by atoms with Gasteiger partial charge >= 0.3 is 12.2 Å². The first-order valence-electron chi connectivity index (χ1n) is 10.5. The summed E-state index contributed by atoms with van der Waals surface area (Å²) in [6.07, 6.45) is -0.0555. The monoisotopic (exact) mass is 502 g/mol. The lowest BCUT2D eigenvalue weighted by Gasteiger charge is -2.36. The van der Waals surface area contributed by atoms with Gasteiger partial charge in [-0.2, -0.15) is 13.2 Å². The van der Waals surface area contributed by atoms with Gasteiger partial charge in [-0.05, 0) is 57.4 Å². The molecule has 7 nitrogen and oxygen atoms in total. The number of aromatic nitrogens is 1. The first-order valence-corrected chi connectivity index (χ1v) is 13.2. The SMILES string of the molecule is Cc1nc(NC(=O)NC2CC3CCC(C2)N3C)sc1-c1ccc(S(C)(=O)=O)c(C(F)(F)F)c1. The van der Waals surface area contributed by atoms with E-state index in [-0.39, 0.29) is 16.7 Å². The van der Waals surface area contributed by atoms with Crippen LogP contribution in [-0.2, 0) is 16.0 Å².